The molecule has 1 fully saturated rings. The molecule has 1 amide bonds. The van der Waals surface area contributed by atoms with Gasteiger partial charge in [0.1, 0.15) is 31.0 Å². The molecule has 3 rings (SSSR count). The molecule has 1 N–H and O–H groups in total. The molecule has 6 nitrogen and oxygen atoms in total. The van der Waals surface area contributed by atoms with Gasteiger partial charge in [-0.1, -0.05) is 36.9 Å². The number of rotatable bonds is 5. The first-order valence-electron chi connectivity index (χ1n) is 7.90. The van der Waals surface area contributed by atoms with E-state index in [4.69, 9.17) is 14.2 Å². The lowest BCUT2D eigenvalue weighted by Crippen LogP contribution is -2.46. The predicted molar refractivity (Wildman–Crippen MR) is 93.7 cm³/mol. The van der Waals surface area contributed by atoms with E-state index in [1.807, 2.05) is 24.3 Å². The second-order valence-electron chi connectivity index (χ2n) is 6.10. The van der Waals surface area contributed by atoms with Gasteiger partial charge in [-0.2, -0.15) is 0 Å². The normalized spacial score (nSPS) is 15.8. The Kier molecular flexibility index (Phi) is 4.61. The molecule has 0 bridgehead atoms. The van der Waals surface area contributed by atoms with Crippen molar-refractivity contribution in [1.82, 2.24) is 0 Å². The Morgan fingerprint density at radius 1 is 1.24 bits per heavy atom. The van der Waals surface area contributed by atoms with Gasteiger partial charge in [-0.3, -0.25) is 4.79 Å². The number of benzene rings is 2. The topological polar surface area (TPSA) is 73.9 Å². The van der Waals surface area contributed by atoms with E-state index in [-0.39, 0.29) is 19.1 Å². The van der Waals surface area contributed by atoms with Gasteiger partial charge in [0.2, 0.25) is 5.91 Å². The first-order valence-corrected chi connectivity index (χ1v) is 7.90. The second-order valence-corrected chi connectivity index (χ2v) is 6.10. The number of amides is 1. The molecule has 130 valence electrons. The monoisotopic (exact) mass is 341 g/mol. The number of anilines is 1. The van der Waals surface area contributed by atoms with Crippen molar-refractivity contribution in [3.63, 3.8) is 0 Å². The number of cyclic esters (lactones) is 2. The van der Waals surface area contributed by atoms with Crippen molar-refractivity contribution in [2.24, 2.45) is 5.41 Å². The SMILES string of the molecule is C=CCOc1ccc(NC(=O)C2(C)COC(=O)OC2)c2ccccc12. The van der Waals surface area contributed by atoms with Crippen LogP contribution >= 0.6 is 0 Å². The molecule has 0 unspecified atom stereocenters. The molecule has 6 heteroatoms. The molecule has 0 aliphatic carbocycles. The molecule has 1 saturated heterocycles. The van der Waals surface area contributed by atoms with Crippen molar-refractivity contribution in [2.45, 2.75) is 6.92 Å². The van der Waals surface area contributed by atoms with Crippen LogP contribution < -0.4 is 10.1 Å². The smallest absolute Gasteiger partial charge is 0.489 e. The van der Waals surface area contributed by atoms with E-state index in [1.165, 1.54) is 0 Å². The predicted octanol–water partition coefficient (Wildman–Crippen LogP) is 3.52. The maximum Gasteiger partial charge on any atom is 0.508 e. The van der Waals surface area contributed by atoms with Gasteiger partial charge in [-0.25, -0.2) is 4.79 Å². The lowest BCUT2D eigenvalue weighted by atomic mass is 9.91. The third-order valence-electron chi connectivity index (χ3n) is 4.05. The van der Waals surface area contributed by atoms with Gasteiger partial charge in [0.15, 0.2) is 0 Å². The van der Waals surface area contributed by atoms with E-state index >= 15 is 0 Å². The first-order chi connectivity index (χ1) is 12.0. The Bertz CT molecular complexity index is 820. The van der Waals surface area contributed by atoms with Gasteiger partial charge in [0, 0.05) is 16.5 Å². The van der Waals surface area contributed by atoms with E-state index in [0.29, 0.717) is 12.3 Å². The molecule has 2 aromatic carbocycles. The van der Waals surface area contributed by atoms with E-state index in [9.17, 15) is 9.59 Å². The summed E-state index contributed by atoms with van der Waals surface area (Å²) >= 11 is 0. The van der Waals surface area contributed by atoms with E-state index in [1.54, 1.807) is 25.1 Å². The molecule has 1 heterocycles. The fourth-order valence-electron chi connectivity index (χ4n) is 2.58. The lowest BCUT2D eigenvalue weighted by molar-refractivity contribution is -0.135. The average Bonchev–Trinajstić information content (AvgIpc) is 2.63. The van der Waals surface area contributed by atoms with Crippen LogP contribution in [0.2, 0.25) is 0 Å². The van der Waals surface area contributed by atoms with Crippen LogP contribution in [0.4, 0.5) is 10.5 Å². The van der Waals surface area contributed by atoms with E-state index in [0.717, 1.165) is 16.5 Å². The lowest BCUT2D eigenvalue weighted by Gasteiger charge is -2.30. The van der Waals surface area contributed by atoms with Crippen molar-refractivity contribution in [3.8, 4) is 5.75 Å². The summed E-state index contributed by atoms with van der Waals surface area (Å²) in [6.07, 6.45) is 0.926. The van der Waals surface area contributed by atoms with Crippen LogP contribution in [0, 0.1) is 5.41 Å². The second kappa shape index (κ2) is 6.84. The van der Waals surface area contributed by atoms with Crippen molar-refractivity contribution in [2.75, 3.05) is 25.1 Å². The van der Waals surface area contributed by atoms with Crippen LogP contribution in [0.5, 0.6) is 5.75 Å². The first kappa shape index (κ1) is 16.8. The summed E-state index contributed by atoms with van der Waals surface area (Å²) in [4.78, 5) is 23.7. The molecule has 0 radical (unpaired) electrons. The largest absolute Gasteiger partial charge is 0.508 e. The van der Waals surface area contributed by atoms with Crippen LogP contribution in [-0.2, 0) is 14.3 Å². The molecule has 0 spiro atoms. The van der Waals surface area contributed by atoms with Gasteiger partial charge in [-0.05, 0) is 19.1 Å². The maximum atomic E-state index is 12.7. The highest BCUT2D eigenvalue weighted by molar-refractivity contribution is 6.05. The van der Waals surface area contributed by atoms with Crippen molar-refractivity contribution in [3.05, 3.63) is 49.1 Å². The number of ether oxygens (including phenoxy) is 3. The van der Waals surface area contributed by atoms with Gasteiger partial charge in [0.05, 0.1) is 0 Å². The molecule has 1 aliphatic heterocycles. The van der Waals surface area contributed by atoms with Crippen molar-refractivity contribution in [1.29, 1.82) is 0 Å². The van der Waals surface area contributed by atoms with E-state index < -0.39 is 11.6 Å². The van der Waals surface area contributed by atoms with Gasteiger partial charge >= 0.3 is 6.16 Å². The van der Waals surface area contributed by atoms with Gasteiger partial charge in [0.25, 0.3) is 0 Å². The molecule has 0 saturated carbocycles. The van der Waals surface area contributed by atoms with Crippen molar-refractivity contribution < 1.29 is 23.8 Å². The van der Waals surface area contributed by atoms with Crippen LogP contribution in [0.3, 0.4) is 0 Å². The zero-order chi connectivity index (χ0) is 17.9. The highest BCUT2D eigenvalue weighted by Crippen LogP contribution is 2.33. The summed E-state index contributed by atoms with van der Waals surface area (Å²) in [6.45, 7) is 5.70. The average molecular weight is 341 g/mol. The number of carbonyl (C=O) groups excluding carboxylic acids is 2. The highest BCUT2D eigenvalue weighted by atomic mass is 16.7. The third kappa shape index (κ3) is 3.42. The van der Waals surface area contributed by atoms with Crippen molar-refractivity contribution >= 4 is 28.5 Å². The summed E-state index contributed by atoms with van der Waals surface area (Å²) in [6, 6.07) is 11.2. The van der Waals surface area contributed by atoms with Crippen LogP contribution in [0.15, 0.2) is 49.1 Å². The van der Waals surface area contributed by atoms with E-state index in [2.05, 4.69) is 11.9 Å². The zero-order valence-corrected chi connectivity index (χ0v) is 13.9. The zero-order valence-electron chi connectivity index (χ0n) is 13.9. The molecule has 0 aromatic heterocycles. The Morgan fingerprint density at radius 2 is 1.92 bits per heavy atom. The number of fused-ring (bicyclic) bond motifs is 1. The summed E-state index contributed by atoms with van der Waals surface area (Å²) in [5.41, 5.74) is -0.280. The van der Waals surface area contributed by atoms with Gasteiger partial charge < -0.3 is 19.5 Å². The number of hydrogen-bond donors (Lipinski definition) is 1. The maximum absolute atomic E-state index is 12.7. The molecule has 0 atom stereocenters. The minimum Gasteiger partial charge on any atom is -0.489 e. The van der Waals surface area contributed by atoms with Crippen LogP contribution in [0.25, 0.3) is 10.8 Å². The number of hydrogen-bond acceptors (Lipinski definition) is 5. The number of nitrogens with one attached hydrogen (secondary N) is 1. The molecular weight excluding hydrogens is 322 g/mol. The molecule has 2 aromatic rings. The summed E-state index contributed by atoms with van der Waals surface area (Å²) in [5, 5.41) is 4.65. The summed E-state index contributed by atoms with van der Waals surface area (Å²) in [5.74, 6) is 0.444. The fourth-order valence-corrected chi connectivity index (χ4v) is 2.58. The van der Waals surface area contributed by atoms with Gasteiger partial charge in [-0.15, -0.1) is 0 Å². The Hall–Kier alpha value is -3.02. The molecular formula is C19H19NO5. The molecule has 1 aliphatic rings. The molecule has 25 heavy (non-hydrogen) atoms. The van der Waals surface area contributed by atoms with Crippen LogP contribution in [0.1, 0.15) is 6.92 Å². The highest BCUT2D eigenvalue weighted by Gasteiger charge is 2.40. The Labute approximate surface area is 145 Å². The quantitative estimate of drug-likeness (QED) is 0.665. The fraction of sp³-hybridized carbons (Fsp3) is 0.263. The minimum absolute atomic E-state index is 0.0177. The Morgan fingerprint density at radius 3 is 2.60 bits per heavy atom. The standard InChI is InChI=1S/C19H19NO5/c1-3-10-23-16-9-8-15(13-6-4-5-7-14(13)16)20-17(21)19(2)11-24-18(22)25-12-19/h3-9H,1,10-12H2,2H3,(H,20,21). The van der Waals surface area contributed by atoms with Crippen LogP contribution in [-0.4, -0.2) is 31.9 Å². The summed E-state index contributed by atoms with van der Waals surface area (Å²) in [7, 11) is 0. The number of carbonyl (C=O) groups is 2. The summed E-state index contributed by atoms with van der Waals surface area (Å²) < 4.78 is 15.4. The third-order valence-corrected chi connectivity index (χ3v) is 4.05. The Balaban J connectivity index is 1.88. The minimum atomic E-state index is -0.937.